The van der Waals surface area contributed by atoms with Crippen LogP contribution in [0.2, 0.25) is 0 Å². The SMILES string of the molecule is CCOC(=O)COc1c2cc(S(=O)(=O)Cl)cc1Cc1cc(S(=O)(=O)Cl)cc(c1OCC(=O)OCC)Cc1cc(S(=O)(=O)Cl)cc(c1OCC(=O)OCC)Cc1cc(S(=O)(=O)Cl)cc(c1OCC(=O)OCC)C2. The lowest BCUT2D eigenvalue weighted by Gasteiger charge is -2.24. The van der Waals surface area contributed by atoms with E-state index < -0.39 is 132 Å². The van der Waals surface area contributed by atoms with Crippen molar-refractivity contribution in [1.29, 1.82) is 0 Å². The Morgan fingerprint density at radius 1 is 0.347 bits per heavy atom. The summed E-state index contributed by atoms with van der Waals surface area (Å²) in [6, 6.07) is 8.20. The van der Waals surface area contributed by atoms with Gasteiger partial charge in [-0.2, -0.15) is 0 Å². The predicted molar refractivity (Wildman–Crippen MR) is 258 cm³/mol. The molecule has 392 valence electrons. The van der Waals surface area contributed by atoms with E-state index in [1.807, 2.05) is 0 Å². The van der Waals surface area contributed by atoms with Gasteiger partial charge in [-0.05, 0) is 76.2 Å². The molecule has 0 radical (unpaired) electrons. The second kappa shape index (κ2) is 24.3. The highest BCUT2D eigenvalue weighted by Gasteiger charge is 2.30. The van der Waals surface area contributed by atoms with Crippen LogP contribution < -0.4 is 18.9 Å². The van der Waals surface area contributed by atoms with Crippen LogP contribution in [0.4, 0.5) is 0 Å². The number of fused-ring (bicyclic) bond motifs is 8. The Bertz CT molecular complexity index is 2710. The molecule has 0 aromatic heterocycles. The van der Waals surface area contributed by atoms with Gasteiger partial charge in [0.15, 0.2) is 26.4 Å². The van der Waals surface area contributed by atoms with Gasteiger partial charge in [-0.15, -0.1) is 0 Å². The smallest absolute Gasteiger partial charge is 0.344 e. The van der Waals surface area contributed by atoms with Crippen molar-refractivity contribution in [2.24, 2.45) is 0 Å². The van der Waals surface area contributed by atoms with Crippen LogP contribution in [0.5, 0.6) is 23.0 Å². The van der Waals surface area contributed by atoms with E-state index in [2.05, 4.69) is 0 Å². The van der Waals surface area contributed by atoms with Gasteiger partial charge < -0.3 is 37.9 Å². The van der Waals surface area contributed by atoms with E-state index in [9.17, 15) is 52.8 Å². The zero-order chi connectivity index (χ0) is 53.3. The van der Waals surface area contributed by atoms with Gasteiger partial charge in [0.1, 0.15) is 23.0 Å². The first-order valence-electron chi connectivity index (χ1n) is 21.2. The third-order valence-corrected chi connectivity index (χ3v) is 15.4. The number of ether oxygens (including phenoxy) is 8. The van der Waals surface area contributed by atoms with Gasteiger partial charge >= 0.3 is 23.9 Å². The highest BCUT2D eigenvalue weighted by molar-refractivity contribution is 8.14. The van der Waals surface area contributed by atoms with Crippen LogP contribution >= 0.6 is 42.7 Å². The summed E-state index contributed by atoms with van der Waals surface area (Å²) in [4.78, 5) is 49.1. The maximum absolute atomic E-state index is 13.3. The van der Waals surface area contributed by atoms with E-state index in [4.69, 9.17) is 80.6 Å². The molecule has 0 saturated heterocycles. The molecule has 0 N–H and O–H groups in total. The van der Waals surface area contributed by atoms with Gasteiger partial charge in [0, 0.05) is 113 Å². The summed E-state index contributed by atoms with van der Waals surface area (Å²) < 4.78 is 151. The molecular weight excluding hydrogens is 1120 g/mol. The quantitative estimate of drug-likeness (QED) is 0.0502. The van der Waals surface area contributed by atoms with Crippen LogP contribution in [0.15, 0.2) is 68.1 Å². The molecule has 0 spiro atoms. The van der Waals surface area contributed by atoms with Crippen LogP contribution in [0.25, 0.3) is 0 Å². The molecule has 0 aliphatic heterocycles. The van der Waals surface area contributed by atoms with Crippen molar-refractivity contribution in [3.05, 3.63) is 93.0 Å². The first kappa shape index (κ1) is 57.8. The van der Waals surface area contributed by atoms with Gasteiger partial charge in [0.05, 0.1) is 46.0 Å². The first-order chi connectivity index (χ1) is 33.7. The minimum absolute atomic E-state index is 0.0887. The van der Waals surface area contributed by atoms with Crippen molar-refractivity contribution in [3.8, 4) is 23.0 Å². The standard InChI is InChI=1S/C44H44Cl4O20S4/c1-5-61-37(49)21-65-41-25-9-27-15-34(70(46,55)56)17-29(42(27)66-22-38(50)62-6-2)11-31-19-36(72(48,59)60)20-32(44(31)68-24-40(52)64-8-4)12-30-18-35(71(47,57)58)16-28(43(30)67-23-39(51)63-7-3)10-26(41)14-33(13-25)69(45,53)54/h13-20H,5-12,21-24H2,1-4H3. The van der Waals surface area contributed by atoms with Crippen molar-refractivity contribution < 1.29 is 90.7 Å². The molecule has 20 nitrogen and oxygen atoms in total. The highest BCUT2D eigenvalue weighted by atomic mass is 35.7. The lowest BCUT2D eigenvalue weighted by molar-refractivity contribution is -0.146. The topological polar surface area (TPSA) is 279 Å². The Balaban J connectivity index is 2.07. The molecule has 8 bridgehead atoms. The molecule has 1 aliphatic carbocycles. The number of carbonyl (C=O) groups excluding carboxylic acids is 4. The molecule has 4 aromatic rings. The number of carbonyl (C=O) groups is 4. The average Bonchev–Trinajstić information content (AvgIpc) is 3.26. The number of halogens is 4. The largest absolute Gasteiger partial charge is 0.481 e. The number of esters is 4. The lowest BCUT2D eigenvalue weighted by Crippen LogP contribution is -2.19. The van der Waals surface area contributed by atoms with E-state index in [0.29, 0.717) is 0 Å². The fourth-order valence-corrected chi connectivity index (χ4v) is 10.7. The van der Waals surface area contributed by atoms with E-state index in [1.165, 1.54) is 27.7 Å². The summed E-state index contributed by atoms with van der Waals surface area (Å²) >= 11 is 0. The molecule has 1 aliphatic rings. The summed E-state index contributed by atoms with van der Waals surface area (Å²) in [6.07, 6.45) is -2.45. The Morgan fingerprint density at radius 2 is 0.500 bits per heavy atom. The molecule has 0 saturated carbocycles. The van der Waals surface area contributed by atoms with E-state index >= 15 is 0 Å². The van der Waals surface area contributed by atoms with Crippen LogP contribution in [0.1, 0.15) is 72.2 Å². The number of hydrogen-bond donors (Lipinski definition) is 0. The molecule has 4 aromatic carbocycles. The van der Waals surface area contributed by atoms with Crippen LogP contribution in [-0.2, 0) is 100 Å². The summed E-state index contributed by atoms with van der Waals surface area (Å²) in [5.41, 5.74) is -1.29. The molecular formula is C44H44Cl4O20S4. The van der Waals surface area contributed by atoms with Crippen LogP contribution in [0.3, 0.4) is 0 Å². The molecule has 5 rings (SSSR count). The molecule has 0 fully saturated rings. The molecule has 0 heterocycles. The predicted octanol–water partition coefficient (Wildman–Crippen LogP) is 5.84. The normalized spacial score (nSPS) is 12.8. The van der Waals surface area contributed by atoms with E-state index in [-0.39, 0.29) is 93.9 Å². The number of rotatable bonds is 20. The third kappa shape index (κ3) is 15.5. The Labute approximate surface area is 432 Å². The van der Waals surface area contributed by atoms with Gasteiger partial charge in [0.2, 0.25) is 0 Å². The molecule has 0 unspecified atom stereocenters. The highest BCUT2D eigenvalue weighted by Crippen LogP contribution is 2.43. The maximum atomic E-state index is 13.3. The van der Waals surface area contributed by atoms with Crippen molar-refractivity contribution >= 4 is 103 Å². The fraction of sp³-hybridized carbons (Fsp3) is 0.364. The minimum atomic E-state index is -4.72. The van der Waals surface area contributed by atoms with Gasteiger partial charge in [-0.3, -0.25) is 0 Å². The zero-order valence-electron chi connectivity index (χ0n) is 38.4. The molecule has 0 atom stereocenters. The second-order valence-corrected chi connectivity index (χ2v) is 25.4. The lowest BCUT2D eigenvalue weighted by atomic mass is 9.91. The van der Waals surface area contributed by atoms with Gasteiger partial charge in [0.25, 0.3) is 36.2 Å². The Morgan fingerprint density at radius 3 is 0.625 bits per heavy atom. The summed E-state index contributed by atoms with van der Waals surface area (Å²) in [5.74, 6) is -4.71. The fourth-order valence-electron chi connectivity index (χ4n) is 7.40. The Hall–Kier alpha value is -5.08. The first-order valence-corrected chi connectivity index (χ1v) is 30.5. The van der Waals surface area contributed by atoms with Crippen molar-refractivity contribution in [1.82, 2.24) is 0 Å². The second-order valence-electron chi connectivity index (χ2n) is 15.1. The summed E-state index contributed by atoms with van der Waals surface area (Å²) in [7, 11) is 5.08. The number of hydrogen-bond acceptors (Lipinski definition) is 20. The van der Waals surface area contributed by atoms with E-state index in [1.54, 1.807) is 0 Å². The third-order valence-electron chi connectivity index (χ3n) is 10.1. The molecule has 0 amide bonds. The summed E-state index contributed by atoms with van der Waals surface area (Å²) in [6.45, 7) is 2.43. The van der Waals surface area contributed by atoms with Crippen molar-refractivity contribution in [2.45, 2.75) is 73.0 Å². The van der Waals surface area contributed by atoms with Crippen LogP contribution in [-0.4, -0.2) is 110 Å². The van der Waals surface area contributed by atoms with Crippen LogP contribution in [0, 0.1) is 0 Å². The van der Waals surface area contributed by atoms with Crippen molar-refractivity contribution in [3.63, 3.8) is 0 Å². The van der Waals surface area contributed by atoms with Gasteiger partial charge in [-0.1, -0.05) is 0 Å². The Kier molecular flexibility index (Phi) is 19.5. The van der Waals surface area contributed by atoms with Gasteiger partial charge in [-0.25, -0.2) is 52.8 Å². The van der Waals surface area contributed by atoms with Crippen molar-refractivity contribution in [2.75, 3.05) is 52.9 Å². The number of benzene rings is 4. The average molecular weight is 1160 g/mol. The minimum Gasteiger partial charge on any atom is -0.481 e. The molecule has 28 heteroatoms. The zero-order valence-corrected chi connectivity index (χ0v) is 44.7. The summed E-state index contributed by atoms with van der Waals surface area (Å²) in [5, 5.41) is 0. The monoisotopic (exact) mass is 1160 g/mol. The van der Waals surface area contributed by atoms with E-state index in [0.717, 1.165) is 48.5 Å². The maximum Gasteiger partial charge on any atom is 0.344 e. The molecule has 72 heavy (non-hydrogen) atoms.